The molecule has 5 nitrogen and oxygen atoms in total. The maximum atomic E-state index is 5.85. The van der Waals surface area contributed by atoms with Crippen molar-refractivity contribution in [1.82, 2.24) is 0 Å². The van der Waals surface area contributed by atoms with Crippen LogP contribution >= 0.6 is 0 Å². The van der Waals surface area contributed by atoms with Crippen molar-refractivity contribution >= 4 is 16.5 Å². The molecule has 0 saturated carbocycles. The summed E-state index contributed by atoms with van der Waals surface area (Å²) in [5.74, 6) is 3.11. The van der Waals surface area contributed by atoms with Gasteiger partial charge in [0.25, 0.3) is 0 Å². The lowest BCUT2D eigenvalue weighted by molar-refractivity contribution is -0.686. The molecule has 2 aliphatic rings. The van der Waals surface area contributed by atoms with Gasteiger partial charge in [-0.15, -0.1) is 0 Å². The Bertz CT molecular complexity index is 1510. The van der Waals surface area contributed by atoms with Crippen LogP contribution in [0.1, 0.15) is 68.2 Å². The highest BCUT2D eigenvalue weighted by Gasteiger charge is 2.32. The zero-order valence-electron chi connectivity index (χ0n) is 24.0. The molecule has 0 aliphatic carbocycles. The Balaban J connectivity index is 0.00000323. The molecule has 6 rings (SSSR count). The van der Waals surface area contributed by atoms with Crippen LogP contribution in [-0.2, 0) is 19.4 Å². The molecular weight excluding hydrogens is 564 g/mol. The number of pyridine rings is 1. The monoisotopic (exact) mass is 602 g/mol. The second-order valence-electron chi connectivity index (χ2n) is 11.1. The van der Waals surface area contributed by atoms with Crippen LogP contribution in [0.2, 0.25) is 0 Å². The summed E-state index contributed by atoms with van der Waals surface area (Å²) in [7, 11) is 1.76. The van der Waals surface area contributed by atoms with Gasteiger partial charge in [0, 0.05) is 30.3 Å². The molecule has 0 unspecified atom stereocenters. The zero-order chi connectivity index (χ0) is 26.9. The number of anilines is 1. The van der Waals surface area contributed by atoms with E-state index in [1.165, 1.54) is 57.1 Å². The predicted molar refractivity (Wildman–Crippen MR) is 157 cm³/mol. The molecular formula is C34H39BrN2O3. The van der Waals surface area contributed by atoms with Crippen LogP contribution in [0.4, 0.5) is 5.69 Å². The van der Waals surface area contributed by atoms with E-state index >= 15 is 0 Å². The van der Waals surface area contributed by atoms with Gasteiger partial charge >= 0.3 is 0 Å². The fourth-order valence-corrected chi connectivity index (χ4v) is 6.01. The second kappa shape index (κ2) is 12.1. The van der Waals surface area contributed by atoms with Gasteiger partial charge in [-0.1, -0.05) is 57.9 Å². The number of fused-ring (bicyclic) bond motifs is 5. The number of hydrogen-bond acceptors (Lipinski definition) is 4. The van der Waals surface area contributed by atoms with Gasteiger partial charge < -0.3 is 36.5 Å². The molecule has 6 heteroatoms. The van der Waals surface area contributed by atoms with Crippen LogP contribution in [0.3, 0.4) is 0 Å². The molecule has 0 amide bonds. The van der Waals surface area contributed by atoms with E-state index in [9.17, 15) is 0 Å². The summed E-state index contributed by atoms with van der Waals surface area (Å²) in [5.41, 5.74) is 8.96. The molecule has 3 heterocycles. The first-order valence-electron chi connectivity index (χ1n) is 14.4. The fraction of sp³-hybridized carbons (Fsp3) is 0.382. The number of halogens is 1. The minimum Gasteiger partial charge on any atom is -1.00 e. The third-order valence-corrected chi connectivity index (χ3v) is 8.20. The summed E-state index contributed by atoms with van der Waals surface area (Å²) >= 11 is 0. The van der Waals surface area contributed by atoms with Gasteiger partial charge in [0.1, 0.15) is 5.75 Å². The van der Waals surface area contributed by atoms with Gasteiger partial charge in [0.05, 0.1) is 23.7 Å². The van der Waals surface area contributed by atoms with E-state index in [1.807, 2.05) is 0 Å². The average Bonchev–Trinajstić information content (AvgIpc) is 3.41. The maximum absolute atomic E-state index is 5.85. The third-order valence-electron chi connectivity index (χ3n) is 8.20. The fourth-order valence-electron chi connectivity index (χ4n) is 6.01. The van der Waals surface area contributed by atoms with E-state index in [0.717, 1.165) is 55.3 Å². The topological polar surface area (TPSA) is 43.6 Å². The lowest BCUT2D eigenvalue weighted by atomic mass is 9.88. The van der Waals surface area contributed by atoms with Crippen LogP contribution in [0.25, 0.3) is 22.0 Å². The second-order valence-corrected chi connectivity index (χ2v) is 11.1. The molecule has 0 atom stereocenters. The number of aryl methyl sites for hydroxylation is 2. The summed E-state index contributed by atoms with van der Waals surface area (Å²) in [6.45, 7) is 8.88. The normalized spacial score (nSPS) is 13.1. The standard InChI is InChI=1S/C34H38N2O3.BrH/c1-5-6-7-15-35-33-29-20-36-16-14-25-18-31-32(39-21-38-31)19-27(25)34(36)28(26(29)12-13-30(33)37-4)17-23-8-10-24(11-9-23)22(2)3;/h8-13,18-20,22H,5-7,14-17,21H2,1-4H3;1H. The van der Waals surface area contributed by atoms with Crippen LogP contribution in [0.5, 0.6) is 17.2 Å². The highest BCUT2D eigenvalue weighted by Crippen LogP contribution is 2.43. The number of unbranched alkanes of at least 4 members (excludes halogenated alkanes) is 2. The first-order valence-corrected chi connectivity index (χ1v) is 14.4. The van der Waals surface area contributed by atoms with Crippen molar-refractivity contribution in [2.45, 2.75) is 65.3 Å². The molecule has 1 N–H and O–H groups in total. The molecule has 0 bridgehead atoms. The first kappa shape index (κ1) is 28.3. The van der Waals surface area contributed by atoms with Crippen LogP contribution in [-0.4, -0.2) is 20.4 Å². The molecule has 2 aliphatic heterocycles. The SMILES string of the molecule is CCCCCNc1c(OC)ccc2c(Cc3ccc(C(C)C)cc3)c3[n+](cc12)CCc1cc2c(cc1-3)OCO2.[Br-]. The van der Waals surface area contributed by atoms with E-state index in [2.05, 4.69) is 85.4 Å². The molecule has 4 aromatic rings. The van der Waals surface area contributed by atoms with E-state index in [4.69, 9.17) is 14.2 Å². The van der Waals surface area contributed by atoms with Gasteiger partial charge in [-0.25, -0.2) is 0 Å². The highest BCUT2D eigenvalue weighted by molar-refractivity contribution is 6.00. The van der Waals surface area contributed by atoms with Gasteiger partial charge in [-0.2, -0.15) is 4.57 Å². The summed E-state index contributed by atoms with van der Waals surface area (Å²) in [4.78, 5) is 0. The van der Waals surface area contributed by atoms with Crippen molar-refractivity contribution in [2.75, 3.05) is 25.8 Å². The van der Waals surface area contributed by atoms with Crippen molar-refractivity contribution in [3.05, 3.63) is 77.0 Å². The van der Waals surface area contributed by atoms with Crippen molar-refractivity contribution < 1.29 is 35.8 Å². The van der Waals surface area contributed by atoms with Gasteiger partial charge in [-0.3, -0.25) is 0 Å². The average molecular weight is 604 g/mol. The van der Waals surface area contributed by atoms with Gasteiger partial charge in [-0.05, 0) is 53.3 Å². The number of rotatable bonds is 9. The van der Waals surface area contributed by atoms with E-state index < -0.39 is 0 Å². The Hall–Kier alpha value is -3.25. The highest BCUT2D eigenvalue weighted by atomic mass is 79.9. The Morgan fingerprint density at radius 1 is 0.975 bits per heavy atom. The van der Waals surface area contributed by atoms with E-state index in [0.29, 0.717) is 5.92 Å². The number of benzene rings is 3. The number of aromatic nitrogens is 1. The number of ether oxygens (including phenoxy) is 3. The summed E-state index contributed by atoms with van der Waals surface area (Å²) in [6.07, 6.45) is 7.70. The largest absolute Gasteiger partial charge is 1.00 e. The van der Waals surface area contributed by atoms with Crippen LogP contribution < -0.4 is 41.1 Å². The molecule has 210 valence electrons. The molecule has 40 heavy (non-hydrogen) atoms. The molecule has 0 saturated heterocycles. The smallest absolute Gasteiger partial charge is 0.231 e. The first-order chi connectivity index (χ1) is 19.1. The van der Waals surface area contributed by atoms with E-state index in [1.54, 1.807) is 7.11 Å². The Morgan fingerprint density at radius 2 is 1.75 bits per heavy atom. The summed E-state index contributed by atoms with van der Waals surface area (Å²) in [6, 6.07) is 17.9. The molecule has 0 spiro atoms. The number of hydrogen-bond donors (Lipinski definition) is 1. The summed E-state index contributed by atoms with van der Waals surface area (Å²) < 4.78 is 19.8. The van der Waals surface area contributed by atoms with Crippen molar-refractivity contribution in [3.63, 3.8) is 0 Å². The number of nitrogens with zero attached hydrogens (tertiary/aromatic N) is 1. The quantitative estimate of drug-likeness (QED) is 0.228. The maximum Gasteiger partial charge on any atom is 0.231 e. The molecule has 0 radical (unpaired) electrons. The predicted octanol–water partition coefficient (Wildman–Crippen LogP) is 4.41. The third kappa shape index (κ3) is 5.26. The Kier molecular flexibility index (Phi) is 8.55. The lowest BCUT2D eigenvalue weighted by Gasteiger charge is -2.22. The molecule has 1 aromatic heterocycles. The van der Waals surface area contributed by atoms with Gasteiger partial charge in [0.15, 0.2) is 24.2 Å². The number of methoxy groups -OCH3 is 1. The Labute approximate surface area is 248 Å². The minimum atomic E-state index is 0. The van der Waals surface area contributed by atoms with Gasteiger partial charge in [0.2, 0.25) is 12.5 Å². The number of nitrogens with one attached hydrogen (secondary N) is 1. The molecule has 0 fully saturated rings. The van der Waals surface area contributed by atoms with Crippen LogP contribution in [0.15, 0.2) is 54.7 Å². The minimum absolute atomic E-state index is 0. The van der Waals surface area contributed by atoms with Crippen molar-refractivity contribution in [2.24, 2.45) is 0 Å². The van der Waals surface area contributed by atoms with E-state index in [-0.39, 0.29) is 23.8 Å². The zero-order valence-corrected chi connectivity index (χ0v) is 25.6. The van der Waals surface area contributed by atoms with Crippen LogP contribution in [0, 0.1) is 0 Å². The van der Waals surface area contributed by atoms with Crippen molar-refractivity contribution in [3.8, 4) is 28.5 Å². The Morgan fingerprint density at radius 3 is 2.48 bits per heavy atom. The summed E-state index contributed by atoms with van der Waals surface area (Å²) in [5, 5.41) is 6.22. The molecule has 3 aromatic carbocycles. The van der Waals surface area contributed by atoms with Crippen molar-refractivity contribution in [1.29, 1.82) is 0 Å². The lowest BCUT2D eigenvalue weighted by Crippen LogP contribution is -3.00.